The summed E-state index contributed by atoms with van der Waals surface area (Å²) in [5, 5.41) is 6.49. The van der Waals surface area contributed by atoms with Gasteiger partial charge in [0.1, 0.15) is 12.4 Å². The molecule has 1 heterocycles. The highest BCUT2D eigenvalue weighted by atomic mass is 16.7. The molecule has 0 atom stereocenters. The molecule has 160 valence electrons. The van der Waals surface area contributed by atoms with Gasteiger partial charge < -0.3 is 29.7 Å². The number of ether oxygens (including phenoxy) is 3. The lowest BCUT2D eigenvalue weighted by Crippen LogP contribution is -2.40. The number of nitrogens with zero attached hydrogens (tertiary/aromatic N) is 2. The Hall–Kier alpha value is -3.42. The Labute approximate surface area is 176 Å². The molecule has 0 radical (unpaired) electrons. The number of nitrogens with one attached hydrogen (secondary N) is 2. The second-order valence-corrected chi connectivity index (χ2v) is 6.94. The fourth-order valence-corrected chi connectivity index (χ4v) is 2.97. The third-order valence-corrected chi connectivity index (χ3v) is 4.52. The molecule has 0 spiro atoms. The molecule has 30 heavy (non-hydrogen) atoms. The van der Waals surface area contributed by atoms with Crippen LogP contribution in [0.15, 0.2) is 47.5 Å². The molecule has 3 rings (SSSR count). The van der Waals surface area contributed by atoms with Crippen LogP contribution in [0.5, 0.6) is 17.2 Å². The minimum absolute atomic E-state index is 0.00439. The van der Waals surface area contributed by atoms with E-state index in [-0.39, 0.29) is 12.7 Å². The Balaban J connectivity index is 1.38. The van der Waals surface area contributed by atoms with Crippen molar-refractivity contribution in [3.8, 4) is 17.2 Å². The third-order valence-electron chi connectivity index (χ3n) is 4.52. The first kappa shape index (κ1) is 21.3. The Kier molecular flexibility index (Phi) is 7.37. The quantitative estimate of drug-likeness (QED) is 0.391. The summed E-state index contributed by atoms with van der Waals surface area (Å²) in [6, 6.07) is 13.2. The monoisotopic (exact) mass is 412 g/mol. The fraction of sp³-hybridized carbons (Fsp3) is 0.364. The van der Waals surface area contributed by atoms with E-state index in [2.05, 4.69) is 15.6 Å². The molecule has 2 aromatic carbocycles. The van der Waals surface area contributed by atoms with E-state index in [4.69, 9.17) is 14.2 Å². The average Bonchev–Trinajstić information content (AvgIpc) is 3.23. The third kappa shape index (κ3) is 5.79. The topological polar surface area (TPSA) is 84.4 Å². The fourth-order valence-electron chi connectivity index (χ4n) is 2.97. The maximum atomic E-state index is 12.1. The van der Waals surface area contributed by atoms with Crippen molar-refractivity contribution in [3.05, 3.63) is 53.6 Å². The van der Waals surface area contributed by atoms with Crippen LogP contribution in [0.4, 0.5) is 0 Å². The standard InChI is InChI=1S/C22H28N4O4/c1-23-22(24-10-9-16-5-4-6-17(13-16)21(27)26(2)3)25-11-12-28-18-7-8-19-20(14-18)30-15-29-19/h4-8,13-14H,9-12,15H2,1-3H3,(H2,23,24,25). The molecule has 0 saturated heterocycles. The highest BCUT2D eigenvalue weighted by Gasteiger charge is 2.13. The molecule has 1 aliphatic heterocycles. The minimum atomic E-state index is 0.00439. The lowest BCUT2D eigenvalue weighted by Gasteiger charge is -2.13. The Bertz CT molecular complexity index is 898. The molecule has 0 aromatic heterocycles. The van der Waals surface area contributed by atoms with Crippen LogP contribution in [0, 0.1) is 0 Å². The van der Waals surface area contributed by atoms with Gasteiger partial charge in [0.2, 0.25) is 6.79 Å². The number of hydrogen-bond donors (Lipinski definition) is 2. The van der Waals surface area contributed by atoms with Crippen LogP contribution >= 0.6 is 0 Å². The SMILES string of the molecule is CN=C(NCCOc1ccc2c(c1)OCO2)NCCc1cccc(C(=O)N(C)C)c1. The number of aliphatic imine (C=N–C) groups is 1. The van der Waals surface area contributed by atoms with Crippen molar-refractivity contribution in [2.24, 2.45) is 4.99 Å². The van der Waals surface area contributed by atoms with E-state index in [1.165, 1.54) is 0 Å². The van der Waals surface area contributed by atoms with Crippen molar-refractivity contribution in [1.82, 2.24) is 15.5 Å². The summed E-state index contributed by atoms with van der Waals surface area (Å²) in [4.78, 5) is 17.9. The van der Waals surface area contributed by atoms with Crippen molar-refractivity contribution in [2.45, 2.75) is 6.42 Å². The number of hydrogen-bond acceptors (Lipinski definition) is 5. The molecule has 8 heteroatoms. The lowest BCUT2D eigenvalue weighted by molar-refractivity contribution is 0.0827. The Morgan fingerprint density at radius 2 is 1.90 bits per heavy atom. The summed E-state index contributed by atoms with van der Waals surface area (Å²) < 4.78 is 16.4. The summed E-state index contributed by atoms with van der Waals surface area (Å²) in [5.74, 6) is 2.88. The van der Waals surface area contributed by atoms with Gasteiger partial charge in [0, 0.05) is 39.3 Å². The normalized spacial score (nSPS) is 12.4. The van der Waals surface area contributed by atoms with Gasteiger partial charge in [0.15, 0.2) is 17.5 Å². The van der Waals surface area contributed by atoms with Gasteiger partial charge in [-0.05, 0) is 36.2 Å². The highest BCUT2D eigenvalue weighted by molar-refractivity contribution is 5.94. The molecule has 2 aromatic rings. The zero-order valence-electron chi connectivity index (χ0n) is 17.6. The van der Waals surface area contributed by atoms with Gasteiger partial charge in [0.25, 0.3) is 5.91 Å². The Morgan fingerprint density at radius 1 is 1.10 bits per heavy atom. The van der Waals surface area contributed by atoms with Gasteiger partial charge in [-0.3, -0.25) is 9.79 Å². The maximum absolute atomic E-state index is 12.1. The largest absolute Gasteiger partial charge is 0.492 e. The van der Waals surface area contributed by atoms with Crippen LogP contribution in [0.2, 0.25) is 0 Å². The summed E-state index contributed by atoms with van der Waals surface area (Å²) in [5.41, 5.74) is 1.79. The summed E-state index contributed by atoms with van der Waals surface area (Å²) in [7, 11) is 5.23. The van der Waals surface area contributed by atoms with E-state index in [1.54, 1.807) is 26.0 Å². The van der Waals surface area contributed by atoms with E-state index in [0.29, 0.717) is 37.0 Å². The Morgan fingerprint density at radius 3 is 2.70 bits per heavy atom. The number of fused-ring (bicyclic) bond motifs is 1. The van der Waals surface area contributed by atoms with Crippen LogP contribution in [-0.2, 0) is 6.42 Å². The first-order valence-electron chi connectivity index (χ1n) is 9.84. The molecule has 1 aliphatic rings. The second kappa shape index (κ2) is 10.4. The molecular weight excluding hydrogens is 384 g/mol. The van der Waals surface area contributed by atoms with Crippen molar-refractivity contribution in [3.63, 3.8) is 0 Å². The minimum Gasteiger partial charge on any atom is -0.492 e. The van der Waals surface area contributed by atoms with Gasteiger partial charge in [-0.1, -0.05) is 12.1 Å². The zero-order chi connectivity index (χ0) is 21.3. The van der Waals surface area contributed by atoms with E-state index in [1.807, 2.05) is 42.5 Å². The molecule has 0 aliphatic carbocycles. The number of amides is 1. The smallest absolute Gasteiger partial charge is 0.253 e. The predicted molar refractivity (Wildman–Crippen MR) is 116 cm³/mol. The van der Waals surface area contributed by atoms with Crippen LogP contribution in [0.3, 0.4) is 0 Å². The first-order chi connectivity index (χ1) is 14.6. The van der Waals surface area contributed by atoms with Gasteiger partial charge >= 0.3 is 0 Å². The molecule has 0 fully saturated rings. The first-order valence-corrected chi connectivity index (χ1v) is 9.84. The molecule has 0 unspecified atom stereocenters. The number of rotatable bonds is 8. The number of carbonyl (C=O) groups is 1. The molecule has 8 nitrogen and oxygen atoms in total. The van der Waals surface area contributed by atoms with E-state index in [0.717, 1.165) is 23.5 Å². The summed E-state index contributed by atoms with van der Waals surface area (Å²) in [6.45, 7) is 2.02. The maximum Gasteiger partial charge on any atom is 0.253 e. The molecule has 0 saturated carbocycles. The molecular formula is C22H28N4O4. The van der Waals surface area contributed by atoms with E-state index in [9.17, 15) is 4.79 Å². The molecule has 1 amide bonds. The van der Waals surface area contributed by atoms with Crippen molar-refractivity contribution >= 4 is 11.9 Å². The highest BCUT2D eigenvalue weighted by Crippen LogP contribution is 2.34. The second-order valence-electron chi connectivity index (χ2n) is 6.94. The van der Waals surface area contributed by atoms with Gasteiger partial charge in [0.05, 0.1) is 6.54 Å². The molecule has 2 N–H and O–H groups in total. The summed E-state index contributed by atoms with van der Waals surface area (Å²) >= 11 is 0. The van der Waals surface area contributed by atoms with Gasteiger partial charge in [-0.15, -0.1) is 0 Å². The number of benzene rings is 2. The van der Waals surface area contributed by atoms with Crippen LogP contribution in [-0.4, -0.2) is 64.4 Å². The number of guanidine groups is 1. The predicted octanol–water partition coefficient (Wildman–Crippen LogP) is 1.90. The van der Waals surface area contributed by atoms with Crippen molar-refractivity contribution in [2.75, 3.05) is 47.6 Å². The van der Waals surface area contributed by atoms with Crippen LogP contribution < -0.4 is 24.8 Å². The average molecular weight is 412 g/mol. The van der Waals surface area contributed by atoms with E-state index < -0.39 is 0 Å². The summed E-state index contributed by atoms with van der Waals surface area (Å²) in [6.07, 6.45) is 0.781. The lowest BCUT2D eigenvalue weighted by atomic mass is 10.1. The van der Waals surface area contributed by atoms with E-state index >= 15 is 0 Å². The van der Waals surface area contributed by atoms with Crippen molar-refractivity contribution < 1.29 is 19.0 Å². The number of carbonyl (C=O) groups excluding carboxylic acids is 1. The molecule has 0 bridgehead atoms. The van der Waals surface area contributed by atoms with Gasteiger partial charge in [-0.2, -0.15) is 0 Å². The van der Waals surface area contributed by atoms with Crippen molar-refractivity contribution in [1.29, 1.82) is 0 Å². The van der Waals surface area contributed by atoms with Crippen LogP contribution in [0.25, 0.3) is 0 Å². The van der Waals surface area contributed by atoms with Gasteiger partial charge in [-0.25, -0.2) is 0 Å². The van der Waals surface area contributed by atoms with Crippen LogP contribution in [0.1, 0.15) is 15.9 Å². The zero-order valence-corrected chi connectivity index (χ0v) is 17.6.